The number of carbonyl (C=O) groups is 2. The molecule has 88 valence electrons. The SMILES string of the molecule is CCOC(=O)CN(C)S(=O)(=O)CC(=O)O. The van der Waals surface area contributed by atoms with Crippen LogP contribution in [-0.4, -0.2) is 55.7 Å². The van der Waals surface area contributed by atoms with E-state index >= 15 is 0 Å². The lowest BCUT2D eigenvalue weighted by Crippen LogP contribution is -2.36. The molecule has 0 aromatic carbocycles. The van der Waals surface area contributed by atoms with Gasteiger partial charge in [0.25, 0.3) is 0 Å². The Hall–Kier alpha value is -1.15. The quantitative estimate of drug-likeness (QED) is 0.590. The van der Waals surface area contributed by atoms with E-state index < -0.39 is 34.3 Å². The minimum Gasteiger partial charge on any atom is -0.480 e. The first-order valence-corrected chi connectivity index (χ1v) is 5.72. The smallest absolute Gasteiger partial charge is 0.321 e. The Balaban J connectivity index is 4.38. The van der Waals surface area contributed by atoms with Gasteiger partial charge in [0.2, 0.25) is 10.0 Å². The van der Waals surface area contributed by atoms with Gasteiger partial charge in [-0.15, -0.1) is 0 Å². The number of hydrogen-bond donors (Lipinski definition) is 1. The van der Waals surface area contributed by atoms with E-state index in [2.05, 4.69) is 4.74 Å². The predicted molar refractivity (Wildman–Crippen MR) is 50.7 cm³/mol. The molecule has 0 aromatic heterocycles. The highest BCUT2D eigenvalue weighted by atomic mass is 32.2. The third-order valence-electron chi connectivity index (χ3n) is 1.44. The highest BCUT2D eigenvalue weighted by Gasteiger charge is 2.23. The van der Waals surface area contributed by atoms with Gasteiger partial charge in [-0.1, -0.05) is 0 Å². The van der Waals surface area contributed by atoms with Crippen LogP contribution in [0.5, 0.6) is 0 Å². The second kappa shape index (κ2) is 5.66. The predicted octanol–water partition coefficient (Wildman–Crippen LogP) is -1.10. The van der Waals surface area contributed by atoms with Crippen LogP contribution >= 0.6 is 0 Å². The van der Waals surface area contributed by atoms with Crippen molar-refractivity contribution in [3.05, 3.63) is 0 Å². The number of nitrogens with zero attached hydrogens (tertiary/aromatic N) is 1. The summed E-state index contributed by atoms with van der Waals surface area (Å²) in [5.74, 6) is -3.22. The van der Waals surface area contributed by atoms with Crippen LogP contribution in [0.15, 0.2) is 0 Å². The number of hydrogen-bond acceptors (Lipinski definition) is 5. The number of carboxylic acid groups (broad SMARTS) is 1. The molecule has 0 atom stereocenters. The van der Waals surface area contributed by atoms with Crippen molar-refractivity contribution < 1.29 is 27.9 Å². The van der Waals surface area contributed by atoms with Crippen LogP contribution in [0.3, 0.4) is 0 Å². The number of likely N-dealkylation sites (N-methyl/N-ethyl adjacent to an activating group) is 1. The van der Waals surface area contributed by atoms with Crippen LogP contribution in [0.2, 0.25) is 0 Å². The highest BCUT2D eigenvalue weighted by Crippen LogP contribution is 1.98. The average Bonchev–Trinajstić information content (AvgIpc) is 2.01. The third kappa shape index (κ3) is 5.33. The van der Waals surface area contributed by atoms with Gasteiger partial charge in [0.15, 0.2) is 5.75 Å². The Kier molecular flexibility index (Phi) is 5.23. The largest absolute Gasteiger partial charge is 0.480 e. The van der Waals surface area contributed by atoms with Crippen LogP contribution in [0.1, 0.15) is 6.92 Å². The van der Waals surface area contributed by atoms with Crippen molar-refractivity contribution in [3.8, 4) is 0 Å². The lowest BCUT2D eigenvalue weighted by Gasteiger charge is -2.14. The Bertz CT molecular complexity index is 335. The zero-order valence-corrected chi connectivity index (χ0v) is 9.28. The molecule has 0 rings (SSSR count). The van der Waals surface area contributed by atoms with E-state index in [-0.39, 0.29) is 6.61 Å². The van der Waals surface area contributed by atoms with Crippen LogP contribution in [-0.2, 0) is 24.3 Å². The minimum absolute atomic E-state index is 0.144. The number of carbonyl (C=O) groups excluding carboxylic acids is 1. The van der Waals surface area contributed by atoms with Gasteiger partial charge in [-0.05, 0) is 6.92 Å². The maximum atomic E-state index is 11.2. The number of carboxylic acids is 1. The van der Waals surface area contributed by atoms with Crippen molar-refractivity contribution in [3.63, 3.8) is 0 Å². The first-order valence-electron chi connectivity index (χ1n) is 4.11. The Morgan fingerprint density at radius 2 is 1.93 bits per heavy atom. The van der Waals surface area contributed by atoms with Crippen molar-refractivity contribution >= 4 is 22.0 Å². The molecule has 0 bridgehead atoms. The lowest BCUT2D eigenvalue weighted by molar-refractivity contribution is -0.143. The second-order valence-corrected chi connectivity index (χ2v) is 4.79. The van der Waals surface area contributed by atoms with Gasteiger partial charge >= 0.3 is 11.9 Å². The zero-order valence-electron chi connectivity index (χ0n) is 8.47. The molecule has 0 spiro atoms. The van der Waals surface area contributed by atoms with E-state index in [0.717, 1.165) is 7.05 Å². The maximum absolute atomic E-state index is 11.2. The van der Waals surface area contributed by atoms with Crippen molar-refractivity contribution in [2.75, 3.05) is 26.0 Å². The molecule has 0 saturated carbocycles. The third-order valence-corrected chi connectivity index (χ3v) is 3.13. The molecule has 8 heteroatoms. The van der Waals surface area contributed by atoms with Gasteiger partial charge in [-0.2, -0.15) is 4.31 Å². The number of ether oxygens (including phenoxy) is 1. The van der Waals surface area contributed by atoms with Gasteiger partial charge in [0, 0.05) is 7.05 Å². The highest BCUT2D eigenvalue weighted by molar-refractivity contribution is 7.89. The van der Waals surface area contributed by atoms with Crippen molar-refractivity contribution in [1.82, 2.24) is 4.31 Å². The fraction of sp³-hybridized carbons (Fsp3) is 0.714. The monoisotopic (exact) mass is 239 g/mol. The van der Waals surface area contributed by atoms with Crippen LogP contribution in [0.25, 0.3) is 0 Å². The molecule has 0 aliphatic carbocycles. The Morgan fingerprint density at radius 1 is 1.40 bits per heavy atom. The van der Waals surface area contributed by atoms with E-state index in [1.807, 2.05) is 0 Å². The van der Waals surface area contributed by atoms with Gasteiger partial charge in [0.05, 0.1) is 6.61 Å². The van der Waals surface area contributed by atoms with E-state index in [9.17, 15) is 18.0 Å². The van der Waals surface area contributed by atoms with Crippen LogP contribution < -0.4 is 0 Å². The summed E-state index contributed by atoms with van der Waals surface area (Å²) in [5.41, 5.74) is 0. The lowest BCUT2D eigenvalue weighted by atomic mass is 10.6. The van der Waals surface area contributed by atoms with Crippen LogP contribution in [0.4, 0.5) is 0 Å². The number of esters is 1. The van der Waals surface area contributed by atoms with Crippen molar-refractivity contribution in [2.45, 2.75) is 6.92 Å². The normalized spacial score (nSPS) is 11.4. The number of rotatable bonds is 6. The molecule has 1 N–H and O–H groups in total. The first-order chi connectivity index (χ1) is 6.79. The average molecular weight is 239 g/mol. The maximum Gasteiger partial charge on any atom is 0.321 e. The standard InChI is InChI=1S/C7H13NO6S/c1-3-14-7(11)4-8(2)15(12,13)5-6(9)10/h3-5H2,1-2H3,(H,9,10). The second-order valence-electron chi connectivity index (χ2n) is 2.71. The van der Waals surface area contributed by atoms with E-state index in [0.29, 0.717) is 4.31 Å². The van der Waals surface area contributed by atoms with E-state index in [1.54, 1.807) is 6.92 Å². The molecule has 0 fully saturated rings. The van der Waals surface area contributed by atoms with E-state index in [4.69, 9.17) is 5.11 Å². The molecule has 7 nitrogen and oxygen atoms in total. The first kappa shape index (κ1) is 13.8. The molecule has 0 heterocycles. The summed E-state index contributed by atoms with van der Waals surface area (Å²) in [4.78, 5) is 21.1. The Labute approximate surface area is 87.7 Å². The van der Waals surface area contributed by atoms with E-state index in [1.165, 1.54) is 0 Å². The molecule has 0 saturated heterocycles. The molecular formula is C7H13NO6S. The summed E-state index contributed by atoms with van der Waals surface area (Å²) < 4.78 is 27.6. The summed E-state index contributed by atoms with van der Waals surface area (Å²) in [6.07, 6.45) is 0. The number of aliphatic carboxylic acids is 1. The molecule has 0 radical (unpaired) electrons. The zero-order chi connectivity index (χ0) is 12.1. The molecule has 15 heavy (non-hydrogen) atoms. The minimum atomic E-state index is -3.94. The number of sulfonamides is 1. The van der Waals surface area contributed by atoms with Gasteiger partial charge in [0.1, 0.15) is 6.54 Å². The topological polar surface area (TPSA) is 101 Å². The summed E-state index contributed by atoms with van der Waals surface area (Å²) in [5, 5.41) is 8.31. The summed E-state index contributed by atoms with van der Waals surface area (Å²) in [7, 11) is -2.82. The summed E-state index contributed by atoms with van der Waals surface area (Å²) >= 11 is 0. The summed E-state index contributed by atoms with van der Waals surface area (Å²) in [6, 6.07) is 0. The molecule has 0 aliphatic heterocycles. The molecule has 0 aliphatic rings. The molecule has 0 amide bonds. The fourth-order valence-corrected chi connectivity index (χ4v) is 1.59. The molecule has 0 aromatic rings. The van der Waals surface area contributed by atoms with Gasteiger partial charge in [-0.25, -0.2) is 8.42 Å². The molecular weight excluding hydrogens is 226 g/mol. The summed E-state index contributed by atoms with van der Waals surface area (Å²) in [6.45, 7) is 1.25. The van der Waals surface area contributed by atoms with Crippen LogP contribution in [0, 0.1) is 0 Å². The fourth-order valence-electron chi connectivity index (χ4n) is 0.753. The Morgan fingerprint density at radius 3 is 2.33 bits per heavy atom. The van der Waals surface area contributed by atoms with Gasteiger partial charge < -0.3 is 9.84 Å². The van der Waals surface area contributed by atoms with Crippen molar-refractivity contribution in [2.24, 2.45) is 0 Å². The molecule has 0 unspecified atom stereocenters. The van der Waals surface area contributed by atoms with Crippen molar-refractivity contribution in [1.29, 1.82) is 0 Å². The van der Waals surface area contributed by atoms with Gasteiger partial charge in [-0.3, -0.25) is 9.59 Å².